The van der Waals surface area contributed by atoms with Crippen LogP contribution >= 0.6 is 11.8 Å². The number of nitrogens with one attached hydrogen (secondary N) is 1. The molecular formula is C19H18N6O2S. The van der Waals surface area contributed by atoms with Crippen LogP contribution < -0.4 is 10.2 Å². The number of nitrogens with zero attached hydrogens (tertiary/aromatic N) is 5. The fourth-order valence-electron chi connectivity index (χ4n) is 2.99. The Kier molecular flexibility index (Phi) is 5.07. The molecule has 0 unspecified atom stereocenters. The fraction of sp³-hybridized carbons (Fsp3) is 0.211. The van der Waals surface area contributed by atoms with Gasteiger partial charge in [-0.3, -0.25) is 14.5 Å². The maximum Gasteiger partial charge on any atom is 0.244 e. The van der Waals surface area contributed by atoms with Crippen LogP contribution in [0.5, 0.6) is 0 Å². The lowest BCUT2D eigenvalue weighted by Crippen LogP contribution is -2.45. The number of hydrogen-bond acceptors (Lipinski definition) is 6. The highest BCUT2D eigenvalue weighted by Crippen LogP contribution is 2.31. The third-order valence-electron chi connectivity index (χ3n) is 4.34. The van der Waals surface area contributed by atoms with Gasteiger partial charge in [0.2, 0.25) is 17.0 Å². The maximum absolute atomic E-state index is 13.0. The number of para-hydroxylation sites is 2. The van der Waals surface area contributed by atoms with E-state index in [2.05, 4.69) is 20.8 Å². The molecule has 9 heteroatoms. The van der Waals surface area contributed by atoms with E-state index in [1.165, 1.54) is 16.7 Å². The largest absolute Gasteiger partial charge is 0.323 e. The average Bonchev–Trinajstić information content (AvgIpc) is 3.14. The molecule has 142 valence electrons. The zero-order chi connectivity index (χ0) is 19.5. The van der Waals surface area contributed by atoms with Gasteiger partial charge in [-0.05, 0) is 35.0 Å². The monoisotopic (exact) mass is 394 g/mol. The Bertz CT molecular complexity index is 1010. The van der Waals surface area contributed by atoms with Gasteiger partial charge in [0, 0.05) is 0 Å². The van der Waals surface area contributed by atoms with E-state index in [4.69, 9.17) is 0 Å². The summed E-state index contributed by atoms with van der Waals surface area (Å²) in [5.74, 6) is -0.375. The quantitative estimate of drug-likeness (QED) is 0.667. The van der Waals surface area contributed by atoms with Crippen molar-refractivity contribution in [2.24, 2.45) is 0 Å². The second-order valence-corrected chi connectivity index (χ2v) is 7.66. The van der Waals surface area contributed by atoms with E-state index in [0.717, 1.165) is 5.56 Å². The van der Waals surface area contributed by atoms with Gasteiger partial charge in [0.1, 0.15) is 6.54 Å². The Morgan fingerprint density at radius 3 is 2.75 bits per heavy atom. The Morgan fingerprint density at radius 1 is 1.18 bits per heavy atom. The van der Waals surface area contributed by atoms with E-state index in [1.807, 2.05) is 48.5 Å². The average molecular weight is 394 g/mol. The highest BCUT2D eigenvalue weighted by molar-refractivity contribution is 8.00. The van der Waals surface area contributed by atoms with Gasteiger partial charge in [0.05, 0.1) is 23.2 Å². The molecular weight excluding hydrogens is 376 g/mol. The molecule has 2 amide bonds. The molecule has 1 N–H and O–H groups in total. The molecule has 28 heavy (non-hydrogen) atoms. The third kappa shape index (κ3) is 3.74. The first-order valence-corrected chi connectivity index (χ1v) is 9.67. The van der Waals surface area contributed by atoms with Crippen LogP contribution in [0.25, 0.3) is 0 Å². The topological polar surface area (TPSA) is 93.0 Å². The number of aromatic nitrogens is 4. The number of carbonyl (C=O) groups excluding carboxylic acids is 2. The number of thioether (sulfide) groups is 1. The van der Waals surface area contributed by atoms with Crippen LogP contribution in [0, 0.1) is 0 Å². The molecule has 0 bridgehead atoms. The molecule has 4 rings (SSSR count). The third-order valence-corrected chi connectivity index (χ3v) is 5.40. The summed E-state index contributed by atoms with van der Waals surface area (Å²) in [6.07, 6.45) is 0. The molecule has 0 radical (unpaired) electrons. The SMILES string of the molecule is C[C@H](Sc1nnnn1Cc1ccccc1)C(=O)N1CC(=O)Nc2ccccc21. The van der Waals surface area contributed by atoms with E-state index >= 15 is 0 Å². The first-order chi connectivity index (χ1) is 13.6. The van der Waals surface area contributed by atoms with Crippen molar-refractivity contribution in [2.75, 3.05) is 16.8 Å². The van der Waals surface area contributed by atoms with Gasteiger partial charge >= 0.3 is 0 Å². The smallest absolute Gasteiger partial charge is 0.244 e. The molecule has 0 fully saturated rings. The summed E-state index contributed by atoms with van der Waals surface area (Å²) in [6.45, 7) is 2.31. The Labute approximate surface area is 165 Å². The van der Waals surface area contributed by atoms with E-state index < -0.39 is 5.25 Å². The van der Waals surface area contributed by atoms with Crippen molar-refractivity contribution in [3.63, 3.8) is 0 Å². The van der Waals surface area contributed by atoms with Crippen LogP contribution in [-0.4, -0.2) is 43.8 Å². The number of anilines is 2. The molecule has 1 aliphatic heterocycles. The normalized spacial score (nSPS) is 14.3. The number of rotatable bonds is 5. The lowest BCUT2D eigenvalue weighted by molar-refractivity contribution is -0.121. The fourth-order valence-corrected chi connectivity index (χ4v) is 3.84. The van der Waals surface area contributed by atoms with Crippen molar-refractivity contribution in [3.8, 4) is 0 Å². The van der Waals surface area contributed by atoms with Crippen molar-refractivity contribution >= 4 is 35.0 Å². The summed E-state index contributed by atoms with van der Waals surface area (Å²) in [5, 5.41) is 14.7. The Balaban J connectivity index is 1.51. The Hall–Kier alpha value is -3.20. The van der Waals surface area contributed by atoms with Crippen molar-refractivity contribution in [2.45, 2.75) is 23.9 Å². The molecule has 1 aliphatic rings. The molecule has 8 nitrogen and oxygen atoms in total. The summed E-state index contributed by atoms with van der Waals surface area (Å²) in [7, 11) is 0. The first-order valence-electron chi connectivity index (χ1n) is 8.79. The molecule has 1 aromatic heterocycles. The van der Waals surface area contributed by atoms with Gasteiger partial charge in [-0.2, -0.15) is 0 Å². The Morgan fingerprint density at radius 2 is 1.93 bits per heavy atom. The number of fused-ring (bicyclic) bond motifs is 1. The van der Waals surface area contributed by atoms with Gasteiger partial charge in [-0.25, -0.2) is 4.68 Å². The van der Waals surface area contributed by atoms with Gasteiger partial charge in [-0.1, -0.05) is 54.2 Å². The van der Waals surface area contributed by atoms with Crippen molar-refractivity contribution in [1.29, 1.82) is 0 Å². The lowest BCUT2D eigenvalue weighted by atomic mass is 10.2. The zero-order valence-corrected chi connectivity index (χ0v) is 16.0. The van der Waals surface area contributed by atoms with Crippen LogP contribution in [0.15, 0.2) is 59.8 Å². The van der Waals surface area contributed by atoms with Crippen LogP contribution in [-0.2, 0) is 16.1 Å². The summed E-state index contributed by atoms with van der Waals surface area (Å²) < 4.78 is 1.67. The number of hydrogen-bond donors (Lipinski definition) is 1. The predicted octanol–water partition coefficient (Wildman–Crippen LogP) is 2.19. The van der Waals surface area contributed by atoms with Crippen LogP contribution in [0.4, 0.5) is 11.4 Å². The van der Waals surface area contributed by atoms with E-state index in [1.54, 1.807) is 17.7 Å². The van der Waals surface area contributed by atoms with Crippen LogP contribution in [0.1, 0.15) is 12.5 Å². The highest BCUT2D eigenvalue weighted by atomic mass is 32.2. The highest BCUT2D eigenvalue weighted by Gasteiger charge is 2.30. The molecule has 0 spiro atoms. The van der Waals surface area contributed by atoms with Crippen molar-refractivity contribution in [1.82, 2.24) is 20.2 Å². The predicted molar refractivity (Wildman–Crippen MR) is 106 cm³/mol. The molecule has 0 saturated carbocycles. The minimum atomic E-state index is -0.459. The van der Waals surface area contributed by atoms with Crippen molar-refractivity contribution < 1.29 is 9.59 Å². The van der Waals surface area contributed by atoms with Gasteiger partial charge in [0.15, 0.2) is 0 Å². The van der Waals surface area contributed by atoms with Crippen LogP contribution in [0.3, 0.4) is 0 Å². The molecule has 2 aromatic carbocycles. The summed E-state index contributed by atoms with van der Waals surface area (Å²) >= 11 is 1.28. The van der Waals surface area contributed by atoms with Gasteiger partial charge < -0.3 is 5.32 Å². The number of tetrazole rings is 1. The van der Waals surface area contributed by atoms with E-state index in [-0.39, 0.29) is 18.4 Å². The summed E-state index contributed by atoms with van der Waals surface area (Å²) in [6, 6.07) is 17.1. The minimum Gasteiger partial charge on any atom is -0.323 e. The maximum atomic E-state index is 13.0. The molecule has 2 heterocycles. The van der Waals surface area contributed by atoms with E-state index in [9.17, 15) is 9.59 Å². The second-order valence-electron chi connectivity index (χ2n) is 6.35. The van der Waals surface area contributed by atoms with E-state index in [0.29, 0.717) is 23.1 Å². The molecule has 0 saturated heterocycles. The first kappa shape index (κ1) is 18.2. The zero-order valence-electron chi connectivity index (χ0n) is 15.1. The number of amides is 2. The minimum absolute atomic E-state index is 0.00426. The number of carbonyl (C=O) groups is 2. The van der Waals surface area contributed by atoms with Crippen molar-refractivity contribution in [3.05, 3.63) is 60.2 Å². The molecule has 3 aromatic rings. The second kappa shape index (κ2) is 7.81. The number of benzene rings is 2. The summed E-state index contributed by atoms with van der Waals surface area (Å²) in [5.41, 5.74) is 2.40. The molecule has 0 aliphatic carbocycles. The van der Waals surface area contributed by atoms with Gasteiger partial charge in [-0.15, -0.1) is 5.10 Å². The summed E-state index contributed by atoms with van der Waals surface area (Å²) in [4.78, 5) is 26.5. The molecule has 1 atom stereocenters. The van der Waals surface area contributed by atoms with Crippen LogP contribution in [0.2, 0.25) is 0 Å². The lowest BCUT2D eigenvalue weighted by Gasteiger charge is -2.30. The van der Waals surface area contributed by atoms with Gasteiger partial charge in [0.25, 0.3) is 0 Å². The standard InChI is InChI=1S/C19H18N6O2S/c1-13(18(27)24-12-17(26)20-15-9-5-6-10-16(15)24)28-19-21-22-23-25(19)11-14-7-3-2-4-8-14/h2-10,13H,11-12H2,1H3,(H,20,26)/t13-/m0/s1.